The molecule has 0 bridgehead atoms. The van der Waals surface area contributed by atoms with Gasteiger partial charge in [-0.1, -0.05) is 51.6 Å². The number of rotatable bonds is 6. The average Bonchev–Trinajstić information content (AvgIpc) is 3.27. The van der Waals surface area contributed by atoms with Crippen molar-refractivity contribution >= 4 is 0 Å². The molecule has 0 aliphatic carbocycles. The first-order valence-electron chi connectivity index (χ1n) is 9.27. The molecule has 1 aliphatic rings. The van der Waals surface area contributed by atoms with Crippen molar-refractivity contribution in [2.75, 3.05) is 13.1 Å². The summed E-state index contributed by atoms with van der Waals surface area (Å²) in [7, 11) is 0. The molecule has 1 unspecified atom stereocenters. The molecule has 1 aliphatic heterocycles. The van der Waals surface area contributed by atoms with Gasteiger partial charge in [0.05, 0.1) is 5.76 Å². The van der Waals surface area contributed by atoms with Gasteiger partial charge in [-0.3, -0.25) is 0 Å². The van der Waals surface area contributed by atoms with Crippen LogP contribution in [0.4, 0.5) is 0 Å². The Bertz CT molecular complexity index is 712. The van der Waals surface area contributed by atoms with Crippen molar-refractivity contribution in [2.24, 2.45) is 11.3 Å². The van der Waals surface area contributed by atoms with Gasteiger partial charge in [-0.15, -0.1) is 5.10 Å². The Labute approximate surface area is 155 Å². The molecule has 0 radical (unpaired) electrons. The zero-order valence-electron chi connectivity index (χ0n) is 15.9. The minimum Gasteiger partial charge on any atom is -0.513 e. The monoisotopic (exact) mass is 355 g/mol. The van der Waals surface area contributed by atoms with Crippen molar-refractivity contribution in [3.05, 3.63) is 53.6 Å². The quantitative estimate of drug-likeness (QED) is 0.692. The Morgan fingerprint density at radius 2 is 2.04 bits per heavy atom. The van der Waals surface area contributed by atoms with Gasteiger partial charge in [0, 0.05) is 18.4 Å². The van der Waals surface area contributed by atoms with E-state index in [9.17, 15) is 5.11 Å². The van der Waals surface area contributed by atoms with E-state index in [2.05, 4.69) is 77.6 Å². The van der Waals surface area contributed by atoms with Crippen LogP contribution in [0.2, 0.25) is 0 Å². The van der Waals surface area contributed by atoms with Gasteiger partial charge in [-0.2, -0.15) is 0 Å². The third kappa shape index (κ3) is 4.12. The molecular formula is C20H29N5O. The van der Waals surface area contributed by atoms with E-state index in [1.54, 1.807) is 0 Å². The van der Waals surface area contributed by atoms with Gasteiger partial charge in [-0.25, -0.2) is 5.10 Å². The number of nitrogens with one attached hydrogen (secondary N) is 2. The molecular weight excluding hydrogens is 326 g/mol. The Hall–Kier alpha value is -2.21. The second kappa shape index (κ2) is 7.58. The minimum atomic E-state index is -0.168. The Morgan fingerprint density at radius 1 is 1.31 bits per heavy atom. The summed E-state index contributed by atoms with van der Waals surface area (Å²) in [6, 6.07) is 8.82. The second-order valence-corrected chi connectivity index (χ2v) is 8.36. The van der Waals surface area contributed by atoms with Gasteiger partial charge in [0.1, 0.15) is 0 Å². The third-order valence-electron chi connectivity index (χ3n) is 5.37. The normalized spacial score (nSPS) is 20.0. The molecule has 1 aromatic heterocycles. The van der Waals surface area contributed by atoms with Crippen LogP contribution in [0, 0.1) is 11.3 Å². The highest BCUT2D eigenvalue weighted by atomic mass is 16.3. The number of aliphatic hydroxyl groups excluding tert-OH is 1. The lowest BCUT2D eigenvalue weighted by Crippen LogP contribution is -2.30. The lowest BCUT2D eigenvalue weighted by Gasteiger charge is -2.35. The number of aromatic amines is 1. The molecule has 26 heavy (non-hydrogen) atoms. The van der Waals surface area contributed by atoms with Crippen LogP contribution < -0.4 is 5.32 Å². The summed E-state index contributed by atoms with van der Waals surface area (Å²) >= 11 is 0. The topological polar surface area (TPSA) is 86.7 Å². The summed E-state index contributed by atoms with van der Waals surface area (Å²) < 4.78 is 0. The van der Waals surface area contributed by atoms with Crippen molar-refractivity contribution in [3.8, 4) is 0 Å². The predicted octanol–water partition coefficient (Wildman–Crippen LogP) is 3.34. The molecule has 0 amide bonds. The highest BCUT2D eigenvalue weighted by Gasteiger charge is 2.37. The van der Waals surface area contributed by atoms with Crippen LogP contribution in [-0.2, 0) is 6.42 Å². The number of benzene rings is 1. The lowest BCUT2D eigenvalue weighted by atomic mass is 9.70. The van der Waals surface area contributed by atoms with Crippen LogP contribution in [0.1, 0.15) is 56.0 Å². The van der Waals surface area contributed by atoms with Crippen molar-refractivity contribution in [2.45, 2.75) is 45.4 Å². The first-order valence-corrected chi connectivity index (χ1v) is 9.27. The molecule has 1 fully saturated rings. The molecule has 1 aromatic carbocycles. The molecule has 0 spiro atoms. The number of allylic oxidation sites excluding steroid dienone is 1. The van der Waals surface area contributed by atoms with Crippen molar-refractivity contribution < 1.29 is 5.11 Å². The number of tetrazole rings is 1. The van der Waals surface area contributed by atoms with Gasteiger partial charge in [0.2, 0.25) is 0 Å². The summed E-state index contributed by atoms with van der Waals surface area (Å²) in [5.74, 6) is 1.24. The van der Waals surface area contributed by atoms with E-state index in [-0.39, 0.29) is 23.0 Å². The zero-order valence-corrected chi connectivity index (χ0v) is 15.9. The number of hydrogen-bond donors (Lipinski definition) is 3. The van der Waals surface area contributed by atoms with E-state index < -0.39 is 0 Å². The molecule has 140 valence electrons. The SMILES string of the molecule is C=C(O)[C@H]([C@H](Cc1ccc(C2CCNC2)cc1)c1nnn[nH]1)C(C)(C)C. The fraction of sp³-hybridized carbons (Fsp3) is 0.550. The van der Waals surface area contributed by atoms with Gasteiger partial charge in [0.25, 0.3) is 0 Å². The second-order valence-electron chi connectivity index (χ2n) is 8.36. The smallest absolute Gasteiger partial charge is 0.152 e. The van der Waals surface area contributed by atoms with Crippen LogP contribution in [0.5, 0.6) is 0 Å². The van der Waals surface area contributed by atoms with Crippen LogP contribution in [0.25, 0.3) is 0 Å². The van der Waals surface area contributed by atoms with Crippen LogP contribution in [-0.4, -0.2) is 38.8 Å². The van der Waals surface area contributed by atoms with E-state index in [1.807, 2.05) is 0 Å². The maximum absolute atomic E-state index is 10.3. The van der Waals surface area contributed by atoms with Gasteiger partial charge < -0.3 is 10.4 Å². The van der Waals surface area contributed by atoms with Crippen molar-refractivity contribution in [1.82, 2.24) is 25.9 Å². The number of aromatic nitrogens is 4. The standard InChI is InChI=1S/C20H29N5O/c1-13(26)18(20(2,3)4)17(19-22-24-25-23-19)11-14-5-7-15(8-6-14)16-9-10-21-12-16/h5-8,16-18,21,26H,1,9-12H2,2-4H3,(H,22,23,24,25)/t16?,17-,18+/m0/s1. The molecule has 2 aromatic rings. The fourth-order valence-corrected chi connectivity index (χ4v) is 4.15. The first-order chi connectivity index (χ1) is 12.4. The highest BCUT2D eigenvalue weighted by Crippen LogP contribution is 2.42. The number of aliphatic hydroxyl groups is 1. The molecule has 1 saturated heterocycles. The van der Waals surface area contributed by atoms with Crippen LogP contribution in [0.15, 0.2) is 36.6 Å². The molecule has 3 N–H and O–H groups in total. The molecule has 3 atom stereocenters. The molecule has 6 heteroatoms. The van der Waals surface area contributed by atoms with E-state index in [1.165, 1.54) is 17.5 Å². The van der Waals surface area contributed by atoms with Crippen molar-refractivity contribution in [1.29, 1.82) is 0 Å². The first kappa shape index (κ1) is 18.6. The zero-order chi connectivity index (χ0) is 18.7. The van der Waals surface area contributed by atoms with Gasteiger partial charge >= 0.3 is 0 Å². The summed E-state index contributed by atoms with van der Waals surface area (Å²) in [5.41, 5.74) is 2.42. The summed E-state index contributed by atoms with van der Waals surface area (Å²) in [6.07, 6.45) is 1.93. The molecule has 2 heterocycles. The van der Waals surface area contributed by atoms with Crippen molar-refractivity contribution in [3.63, 3.8) is 0 Å². The lowest BCUT2D eigenvalue weighted by molar-refractivity contribution is 0.167. The fourth-order valence-electron chi connectivity index (χ4n) is 4.15. The Kier molecular flexibility index (Phi) is 5.41. The maximum Gasteiger partial charge on any atom is 0.152 e. The highest BCUT2D eigenvalue weighted by molar-refractivity contribution is 5.28. The average molecular weight is 355 g/mol. The van der Waals surface area contributed by atoms with E-state index in [0.29, 0.717) is 11.7 Å². The molecule has 6 nitrogen and oxygen atoms in total. The molecule has 3 rings (SSSR count). The summed E-state index contributed by atoms with van der Waals surface area (Å²) in [5, 5.41) is 28.2. The van der Waals surface area contributed by atoms with Crippen LogP contribution >= 0.6 is 0 Å². The summed E-state index contributed by atoms with van der Waals surface area (Å²) in [6.45, 7) is 12.3. The van der Waals surface area contributed by atoms with E-state index >= 15 is 0 Å². The van der Waals surface area contributed by atoms with E-state index in [0.717, 1.165) is 19.5 Å². The Balaban J connectivity index is 1.85. The third-order valence-corrected chi connectivity index (χ3v) is 5.37. The summed E-state index contributed by atoms with van der Waals surface area (Å²) in [4.78, 5) is 0. The number of nitrogens with zero attached hydrogens (tertiary/aromatic N) is 3. The number of hydrogen-bond acceptors (Lipinski definition) is 5. The largest absolute Gasteiger partial charge is 0.513 e. The maximum atomic E-state index is 10.3. The minimum absolute atomic E-state index is 0.0681. The van der Waals surface area contributed by atoms with E-state index in [4.69, 9.17) is 0 Å². The van der Waals surface area contributed by atoms with Gasteiger partial charge in [0.15, 0.2) is 5.82 Å². The number of H-pyrrole nitrogens is 1. The van der Waals surface area contributed by atoms with Gasteiger partial charge in [-0.05, 0) is 52.3 Å². The predicted molar refractivity (Wildman–Crippen MR) is 102 cm³/mol. The molecule has 0 saturated carbocycles. The van der Waals surface area contributed by atoms with Crippen LogP contribution in [0.3, 0.4) is 0 Å². The Morgan fingerprint density at radius 3 is 2.54 bits per heavy atom.